The molecule has 10 rings (SSSR count). The standard InChI is InChI=1S/C43H28N6Si/c1-3-12-29(13-4-1)41-46-42(48-43(47-41)49-37-20-9-7-18-33(37)34-19-8-10-21-38(34)49)30-14-11-17-32(26-30)50(31-15-5-2-6-16-31)39-22-24-44-27-35(39)36-28-45-25-23-40(36)50/h1-28H/i7D,8D,9D,10D,18D,19D,20D,21D. The van der Waals surface area contributed by atoms with E-state index in [1.807, 2.05) is 85.5 Å². The molecule has 6 nitrogen and oxygen atoms in total. The van der Waals surface area contributed by atoms with Crippen molar-refractivity contribution in [3.8, 4) is 39.9 Å². The number of fused-ring (bicyclic) bond motifs is 6. The Labute approximate surface area is 300 Å². The molecule has 0 radical (unpaired) electrons. The summed E-state index contributed by atoms with van der Waals surface area (Å²) in [5, 5.41) is 4.44. The maximum absolute atomic E-state index is 9.07. The molecule has 0 atom stereocenters. The Morgan fingerprint density at radius 1 is 0.520 bits per heavy atom. The Balaban J connectivity index is 1.30. The molecule has 0 saturated carbocycles. The first-order valence-electron chi connectivity index (χ1n) is 20.0. The maximum atomic E-state index is 9.07. The molecule has 0 aliphatic carbocycles. The van der Waals surface area contributed by atoms with E-state index in [4.69, 9.17) is 25.9 Å². The quantitative estimate of drug-likeness (QED) is 0.198. The van der Waals surface area contributed by atoms with Crippen molar-refractivity contribution in [3.05, 3.63) is 170 Å². The van der Waals surface area contributed by atoms with Gasteiger partial charge in [-0.2, -0.15) is 9.97 Å². The fourth-order valence-corrected chi connectivity index (χ4v) is 12.5. The van der Waals surface area contributed by atoms with E-state index in [-0.39, 0.29) is 39.4 Å². The van der Waals surface area contributed by atoms with Gasteiger partial charge in [0.2, 0.25) is 5.95 Å². The first-order chi connectivity index (χ1) is 28.1. The smallest absolute Gasteiger partial charge is 0.238 e. The predicted molar refractivity (Wildman–Crippen MR) is 203 cm³/mol. The summed E-state index contributed by atoms with van der Waals surface area (Å²) in [5.74, 6) is 0.432. The van der Waals surface area contributed by atoms with Crippen molar-refractivity contribution in [2.75, 3.05) is 0 Å². The highest BCUT2D eigenvalue weighted by atomic mass is 28.3. The minimum Gasteiger partial charge on any atom is -0.278 e. The van der Waals surface area contributed by atoms with Gasteiger partial charge in [-0.05, 0) is 45.0 Å². The summed E-state index contributed by atoms with van der Waals surface area (Å²) in [4.78, 5) is 23.9. The van der Waals surface area contributed by atoms with Crippen molar-refractivity contribution < 1.29 is 11.0 Å². The van der Waals surface area contributed by atoms with Gasteiger partial charge in [0, 0.05) is 57.8 Å². The van der Waals surface area contributed by atoms with Crippen LogP contribution in [0, 0.1) is 0 Å². The Morgan fingerprint density at radius 2 is 1.06 bits per heavy atom. The third kappa shape index (κ3) is 4.17. The van der Waals surface area contributed by atoms with Gasteiger partial charge < -0.3 is 0 Å². The highest BCUT2D eigenvalue weighted by Gasteiger charge is 2.49. The zero-order valence-corrected chi connectivity index (χ0v) is 27.2. The SMILES string of the molecule is [2H]c1c([2H])c([2H])c2c(c1[2H])c1c([2H])c([2H])c([2H])c([2H])c1n2-c1nc(-c2ccccc2)nc(-c2cccc([Si]3(c4ccccc4)c4ccncc4-c4cnccc43)c2)n1. The highest BCUT2D eigenvalue weighted by Crippen LogP contribution is 2.33. The lowest BCUT2D eigenvalue weighted by Gasteiger charge is -2.31. The van der Waals surface area contributed by atoms with E-state index in [1.165, 1.54) is 20.1 Å². The molecule has 7 heteroatoms. The van der Waals surface area contributed by atoms with Gasteiger partial charge in [-0.1, -0.05) is 121 Å². The molecular weight excluding hydrogens is 629 g/mol. The van der Waals surface area contributed by atoms with Gasteiger partial charge >= 0.3 is 0 Å². The molecule has 1 aliphatic rings. The molecule has 4 aromatic heterocycles. The Kier molecular flexibility index (Phi) is 4.82. The molecule has 5 heterocycles. The van der Waals surface area contributed by atoms with Crippen LogP contribution in [0.4, 0.5) is 0 Å². The Hall–Kier alpha value is -6.57. The topological polar surface area (TPSA) is 69.4 Å². The van der Waals surface area contributed by atoms with E-state index >= 15 is 0 Å². The van der Waals surface area contributed by atoms with Crippen LogP contribution in [0.15, 0.2) is 170 Å². The van der Waals surface area contributed by atoms with Crippen LogP contribution in [0.3, 0.4) is 0 Å². The number of hydrogen-bond donors (Lipinski definition) is 0. The van der Waals surface area contributed by atoms with Gasteiger partial charge in [0.05, 0.1) is 22.0 Å². The third-order valence-electron chi connectivity index (χ3n) is 9.39. The van der Waals surface area contributed by atoms with E-state index in [0.717, 1.165) is 16.3 Å². The van der Waals surface area contributed by atoms with Crippen LogP contribution in [0.25, 0.3) is 61.7 Å². The molecular formula is C43H28N6Si. The number of nitrogens with zero attached hydrogens (tertiary/aromatic N) is 6. The van der Waals surface area contributed by atoms with E-state index in [9.17, 15) is 0 Å². The van der Waals surface area contributed by atoms with Gasteiger partial charge in [0.1, 0.15) is 0 Å². The normalized spacial score (nSPS) is 15.2. The molecule has 1 aliphatic heterocycles. The first kappa shape index (κ1) is 21.4. The van der Waals surface area contributed by atoms with Crippen LogP contribution >= 0.6 is 0 Å². The molecule has 0 unspecified atom stereocenters. The minimum atomic E-state index is -2.98. The summed E-state index contributed by atoms with van der Waals surface area (Å²) in [6.07, 6.45) is 7.45. The van der Waals surface area contributed by atoms with Gasteiger partial charge in [-0.25, -0.2) is 4.98 Å². The third-order valence-corrected chi connectivity index (χ3v) is 14.3. The van der Waals surface area contributed by atoms with Crippen LogP contribution in [0.2, 0.25) is 0 Å². The van der Waals surface area contributed by atoms with Crippen LogP contribution in [-0.4, -0.2) is 37.6 Å². The molecule has 0 bridgehead atoms. The lowest BCUT2D eigenvalue weighted by Crippen LogP contribution is -2.72. The number of hydrogen-bond acceptors (Lipinski definition) is 5. The van der Waals surface area contributed by atoms with Gasteiger partial charge in [0.25, 0.3) is 0 Å². The summed E-state index contributed by atoms with van der Waals surface area (Å²) >= 11 is 0. The predicted octanol–water partition coefficient (Wildman–Crippen LogP) is 6.45. The summed E-state index contributed by atoms with van der Waals surface area (Å²) in [6, 6.07) is 28.1. The number of pyridine rings is 2. The number of benzene rings is 5. The largest absolute Gasteiger partial charge is 0.278 e. The molecule has 0 N–H and O–H groups in total. The van der Waals surface area contributed by atoms with Crippen molar-refractivity contribution in [2.45, 2.75) is 0 Å². The molecule has 234 valence electrons. The second kappa shape index (κ2) is 11.3. The molecule has 50 heavy (non-hydrogen) atoms. The number of para-hydroxylation sites is 2. The van der Waals surface area contributed by atoms with Crippen molar-refractivity contribution >= 4 is 50.6 Å². The molecule has 5 aromatic carbocycles. The Bertz CT molecular complexity index is 3060. The molecule has 9 aromatic rings. The van der Waals surface area contributed by atoms with Crippen molar-refractivity contribution in [1.82, 2.24) is 29.5 Å². The summed E-state index contributed by atoms with van der Waals surface area (Å²) in [5.41, 5.74) is 3.19. The van der Waals surface area contributed by atoms with E-state index in [1.54, 1.807) is 0 Å². The number of aromatic nitrogens is 6. The highest BCUT2D eigenvalue weighted by molar-refractivity contribution is 7.22. The van der Waals surface area contributed by atoms with E-state index < -0.39 is 56.4 Å². The van der Waals surface area contributed by atoms with Crippen LogP contribution in [0.5, 0.6) is 0 Å². The summed E-state index contributed by atoms with van der Waals surface area (Å²) in [7, 11) is -2.98. The lowest BCUT2D eigenvalue weighted by molar-refractivity contribution is 0.953. The monoisotopic (exact) mass is 664 g/mol. The summed E-state index contributed by atoms with van der Waals surface area (Å²) in [6.45, 7) is 0. The lowest BCUT2D eigenvalue weighted by atomic mass is 10.1. The molecule has 0 spiro atoms. The minimum absolute atomic E-state index is 0.0587. The fraction of sp³-hybridized carbons (Fsp3) is 0. The van der Waals surface area contributed by atoms with Crippen molar-refractivity contribution in [3.63, 3.8) is 0 Å². The fourth-order valence-electron chi connectivity index (χ4n) is 7.32. The number of rotatable bonds is 5. The van der Waals surface area contributed by atoms with E-state index in [2.05, 4.69) is 46.4 Å². The van der Waals surface area contributed by atoms with Crippen LogP contribution < -0.4 is 20.7 Å². The maximum Gasteiger partial charge on any atom is 0.238 e. The molecule has 0 saturated heterocycles. The van der Waals surface area contributed by atoms with Crippen molar-refractivity contribution in [1.29, 1.82) is 0 Å². The average molecular weight is 665 g/mol. The van der Waals surface area contributed by atoms with Gasteiger partial charge in [0.15, 0.2) is 19.7 Å². The van der Waals surface area contributed by atoms with Gasteiger partial charge in [-0.3, -0.25) is 14.5 Å². The zero-order valence-electron chi connectivity index (χ0n) is 34.2. The molecule has 0 amide bonds. The van der Waals surface area contributed by atoms with Gasteiger partial charge in [-0.15, -0.1) is 0 Å². The second-order valence-corrected chi connectivity index (χ2v) is 15.7. The summed E-state index contributed by atoms with van der Waals surface area (Å²) < 4.78 is 71.5. The van der Waals surface area contributed by atoms with Crippen LogP contribution in [0.1, 0.15) is 11.0 Å². The second-order valence-electron chi connectivity index (χ2n) is 12.0. The van der Waals surface area contributed by atoms with E-state index in [0.29, 0.717) is 11.1 Å². The van der Waals surface area contributed by atoms with Crippen LogP contribution in [-0.2, 0) is 0 Å². The zero-order chi connectivity index (χ0) is 40.0. The van der Waals surface area contributed by atoms with Crippen molar-refractivity contribution in [2.24, 2.45) is 0 Å². The average Bonchev–Trinajstić information content (AvgIpc) is 3.79. The Morgan fingerprint density at radius 3 is 1.70 bits per heavy atom. The molecule has 0 fully saturated rings. The first-order valence-corrected chi connectivity index (χ1v) is 18.0.